The molecule has 0 aromatic heterocycles. The summed E-state index contributed by atoms with van der Waals surface area (Å²) in [6.45, 7) is 19.6. The number of fused-ring (bicyclic) bond motifs is 1. The van der Waals surface area contributed by atoms with E-state index in [4.69, 9.17) is 4.74 Å². The fourth-order valence-corrected chi connectivity index (χ4v) is 2.74. The summed E-state index contributed by atoms with van der Waals surface area (Å²) in [5.74, 6) is 0. The molecule has 1 heterocycles. The number of hydrogen-bond donors (Lipinski definition) is 0. The van der Waals surface area contributed by atoms with Gasteiger partial charge in [0, 0.05) is 6.54 Å². The van der Waals surface area contributed by atoms with Gasteiger partial charge in [0.1, 0.15) is 0 Å². The highest BCUT2D eigenvalue weighted by Gasteiger charge is 2.20. The summed E-state index contributed by atoms with van der Waals surface area (Å²) in [6.07, 6.45) is 3.69. The highest BCUT2D eigenvalue weighted by atomic mass is 16.5. The number of hydrogen-bond acceptors (Lipinski definition) is 2. The zero-order valence-corrected chi connectivity index (χ0v) is 17.9. The lowest BCUT2D eigenvalue weighted by Gasteiger charge is -2.28. The van der Waals surface area contributed by atoms with Crippen LogP contribution in [0.1, 0.15) is 84.1 Å². The maximum absolute atomic E-state index is 5.95. The van der Waals surface area contributed by atoms with E-state index in [1.807, 2.05) is 41.5 Å². The molecule has 0 N–H and O–H groups in total. The Morgan fingerprint density at radius 2 is 1.67 bits per heavy atom. The molecule has 0 bridgehead atoms. The van der Waals surface area contributed by atoms with Crippen LogP contribution in [0.25, 0.3) is 0 Å². The Balaban J connectivity index is 0. The maximum atomic E-state index is 5.95. The van der Waals surface area contributed by atoms with Crippen LogP contribution in [0.5, 0.6) is 0 Å². The Morgan fingerprint density at radius 1 is 1.04 bits per heavy atom. The molecule has 2 nitrogen and oxygen atoms in total. The van der Waals surface area contributed by atoms with Crippen molar-refractivity contribution >= 4 is 0 Å². The average molecular weight is 338 g/mol. The van der Waals surface area contributed by atoms with E-state index in [2.05, 4.69) is 44.0 Å². The molecule has 1 aromatic rings. The molecule has 0 saturated heterocycles. The van der Waals surface area contributed by atoms with Gasteiger partial charge in [-0.05, 0) is 50.9 Å². The molecule has 2 rings (SSSR count). The van der Waals surface area contributed by atoms with Gasteiger partial charge in [-0.3, -0.25) is 0 Å². The van der Waals surface area contributed by atoms with E-state index in [-0.39, 0.29) is 0 Å². The van der Waals surface area contributed by atoms with E-state index in [1.165, 1.54) is 29.7 Å². The zero-order valence-electron chi connectivity index (χ0n) is 17.9. The first-order valence-corrected chi connectivity index (χ1v) is 10.1. The van der Waals surface area contributed by atoms with Crippen molar-refractivity contribution in [2.24, 2.45) is 0 Å². The van der Waals surface area contributed by atoms with Crippen molar-refractivity contribution < 1.29 is 4.74 Å². The minimum Gasteiger partial charge on any atom is -0.373 e. The van der Waals surface area contributed by atoms with Gasteiger partial charge in [-0.25, -0.2) is 0 Å². The number of benzene rings is 1. The summed E-state index contributed by atoms with van der Waals surface area (Å²) in [5.41, 5.74) is 4.26. The normalized spacial score (nSPS) is 15.0. The van der Waals surface area contributed by atoms with Crippen molar-refractivity contribution in [2.75, 3.05) is 26.7 Å². The molecule has 0 amide bonds. The summed E-state index contributed by atoms with van der Waals surface area (Å²) in [5, 5.41) is 0. The number of rotatable bonds is 5. The molecule has 1 unspecified atom stereocenters. The van der Waals surface area contributed by atoms with E-state index >= 15 is 0 Å². The molecular weight excluding hydrogens is 294 g/mol. The molecular formula is C22H43NO. The van der Waals surface area contributed by atoms with Crippen LogP contribution in [-0.4, -0.2) is 31.6 Å². The van der Waals surface area contributed by atoms with Crippen LogP contribution in [0.4, 0.5) is 0 Å². The highest BCUT2D eigenvalue weighted by Crippen LogP contribution is 2.30. The Labute approximate surface area is 152 Å². The van der Waals surface area contributed by atoms with Gasteiger partial charge < -0.3 is 9.64 Å². The Bertz CT molecular complexity index is 390. The second kappa shape index (κ2) is 17.0. The van der Waals surface area contributed by atoms with E-state index in [9.17, 15) is 0 Å². The molecule has 1 aromatic carbocycles. The number of nitrogens with zero attached hydrogens (tertiary/aromatic N) is 1. The van der Waals surface area contributed by atoms with Crippen molar-refractivity contribution in [2.45, 2.75) is 80.8 Å². The van der Waals surface area contributed by atoms with Gasteiger partial charge in [0.25, 0.3) is 0 Å². The molecule has 2 heteroatoms. The molecule has 0 radical (unpaired) electrons. The maximum Gasteiger partial charge on any atom is 0.0839 e. The van der Waals surface area contributed by atoms with Crippen LogP contribution in [0.15, 0.2) is 18.2 Å². The third-order valence-electron chi connectivity index (χ3n) is 3.71. The molecule has 0 aliphatic carbocycles. The third kappa shape index (κ3) is 9.44. The predicted octanol–water partition coefficient (Wildman–Crippen LogP) is 6.42. The van der Waals surface area contributed by atoms with Gasteiger partial charge in [0.05, 0.1) is 12.7 Å². The second-order valence-electron chi connectivity index (χ2n) is 5.40. The summed E-state index contributed by atoms with van der Waals surface area (Å²) in [7, 11) is 2.20. The monoisotopic (exact) mass is 337 g/mol. The quantitative estimate of drug-likeness (QED) is 0.614. The Morgan fingerprint density at radius 3 is 2.25 bits per heavy atom. The van der Waals surface area contributed by atoms with E-state index in [1.54, 1.807) is 0 Å². The van der Waals surface area contributed by atoms with Gasteiger partial charge in [0.2, 0.25) is 0 Å². The fraction of sp³-hybridized carbons (Fsp3) is 0.727. The summed E-state index contributed by atoms with van der Waals surface area (Å²) in [6, 6.07) is 6.78. The summed E-state index contributed by atoms with van der Waals surface area (Å²) < 4.78 is 5.95. The first kappa shape index (κ1) is 25.4. The van der Waals surface area contributed by atoms with Crippen LogP contribution in [0, 0.1) is 6.92 Å². The summed E-state index contributed by atoms with van der Waals surface area (Å²) >= 11 is 0. The minimum absolute atomic E-state index is 0.300. The highest BCUT2D eigenvalue weighted by molar-refractivity contribution is 5.34. The lowest BCUT2D eigenvalue weighted by atomic mass is 9.94. The van der Waals surface area contributed by atoms with Crippen LogP contribution in [-0.2, 0) is 11.2 Å². The second-order valence-corrected chi connectivity index (χ2v) is 5.40. The molecule has 0 fully saturated rings. The Kier molecular flexibility index (Phi) is 18.0. The fourth-order valence-electron chi connectivity index (χ4n) is 2.74. The first-order chi connectivity index (χ1) is 11.7. The largest absolute Gasteiger partial charge is 0.373 e. The van der Waals surface area contributed by atoms with Crippen molar-refractivity contribution in [1.82, 2.24) is 4.90 Å². The van der Waals surface area contributed by atoms with Crippen molar-refractivity contribution in [1.29, 1.82) is 0 Å². The van der Waals surface area contributed by atoms with Crippen molar-refractivity contribution in [3.05, 3.63) is 34.9 Å². The van der Waals surface area contributed by atoms with Gasteiger partial charge >= 0.3 is 0 Å². The zero-order chi connectivity index (χ0) is 19.0. The lowest BCUT2D eigenvalue weighted by Crippen LogP contribution is -2.25. The van der Waals surface area contributed by atoms with Crippen LogP contribution >= 0.6 is 0 Å². The van der Waals surface area contributed by atoms with E-state index in [0.29, 0.717) is 6.10 Å². The van der Waals surface area contributed by atoms with Gasteiger partial charge in [-0.1, -0.05) is 72.2 Å². The number of aryl methyl sites for hydroxylation is 1. The lowest BCUT2D eigenvalue weighted by molar-refractivity contribution is 0.0309. The molecule has 1 aliphatic heterocycles. The van der Waals surface area contributed by atoms with Crippen LogP contribution in [0.3, 0.4) is 0 Å². The standard InChI is InChI=1S/C16H25NO.3C2H6/c1-4-9-17(3)10-7-16-15-6-5-13(2)12-14(15)8-11-18-16;3*1-2/h5-6,12,16H,4,7-11H2,1-3H3;3*1-2H3. The molecule has 0 saturated carbocycles. The molecule has 0 spiro atoms. The topological polar surface area (TPSA) is 12.5 Å². The van der Waals surface area contributed by atoms with Crippen molar-refractivity contribution in [3.63, 3.8) is 0 Å². The molecule has 1 atom stereocenters. The molecule has 1 aliphatic rings. The minimum atomic E-state index is 0.300. The Hall–Kier alpha value is -0.860. The SMILES string of the molecule is CC.CC.CC.CCCN(C)CCC1OCCc2cc(C)ccc21. The molecule has 142 valence electrons. The predicted molar refractivity (Wildman–Crippen MR) is 110 cm³/mol. The third-order valence-corrected chi connectivity index (χ3v) is 3.71. The van der Waals surface area contributed by atoms with E-state index < -0.39 is 0 Å². The van der Waals surface area contributed by atoms with Gasteiger partial charge in [-0.15, -0.1) is 0 Å². The van der Waals surface area contributed by atoms with Gasteiger partial charge in [0.15, 0.2) is 0 Å². The molecule has 24 heavy (non-hydrogen) atoms. The van der Waals surface area contributed by atoms with Crippen molar-refractivity contribution in [3.8, 4) is 0 Å². The number of ether oxygens (including phenoxy) is 1. The van der Waals surface area contributed by atoms with Gasteiger partial charge in [-0.2, -0.15) is 0 Å². The summed E-state index contributed by atoms with van der Waals surface area (Å²) in [4.78, 5) is 2.39. The smallest absolute Gasteiger partial charge is 0.0839 e. The van der Waals surface area contributed by atoms with E-state index in [0.717, 1.165) is 26.0 Å². The van der Waals surface area contributed by atoms with Crippen LogP contribution in [0.2, 0.25) is 0 Å². The van der Waals surface area contributed by atoms with Crippen LogP contribution < -0.4 is 0 Å². The average Bonchev–Trinajstić information content (AvgIpc) is 2.65. The first-order valence-electron chi connectivity index (χ1n) is 10.1.